The predicted octanol–water partition coefficient (Wildman–Crippen LogP) is 2.16. The van der Waals surface area contributed by atoms with Crippen LogP contribution in [0.25, 0.3) is 0 Å². The van der Waals surface area contributed by atoms with Crippen molar-refractivity contribution in [2.24, 2.45) is 5.73 Å². The minimum Gasteiger partial charge on any atom is -0.330 e. The Kier molecular flexibility index (Phi) is 3.10. The molecule has 0 aliphatic heterocycles. The minimum atomic E-state index is -4.32. The number of nitrogens with two attached hydrogens (primary N) is 1. The van der Waals surface area contributed by atoms with E-state index in [1.165, 1.54) is 6.07 Å². The highest BCUT2D eigenvalue weighted by atomic mass is 19.4. The third-order valence-electron chi connectivity index (χ3n) is 1.97. The lowest BCUT2D eigenvalue weighted by molar-refractivity contribution is -0.137. The fourth-order valence-corrected chi connectivity index (χ4v) is 0.985. The van der Waals surface area contributed by atoms with Crippen LogP contribution in [0.15, 0.2) is 18.3 Å². The molecule has 0 aliphatic carbocycles. The molecule has 2 N–H and O–H groups in total. The molecule has 14 heavy (non-hydrogen) atoms. The molecule has 0 radical (unpaired) electrons. The second-order valence-corrected chi connectivity index (χ2v) is 3.11. The Hall–Kier alpha value is -1.10. The molecular formula is C9H11F3N2. The summed E-state index contributed by atoms with van der Waals surface area (Å²) < 4.78 is 36.4. The molecule has 5 heteroatoms. The number of hydrogen-bond donors (Lipinski definition) is 1. The van der Waals surface area contributed by atoms with E-state index >= 15 is 0 Å². The zero-order valence-electron chi connectivity index (χ0n) is 7.67. The molecule has 1 aromatic heterocycles. The van der Waals surface area contributed by atoms with Gasteiger partial charge in [-0.1, -0.05) is 6.92 Å². The van der Waals surface area contributed by atoms with Gasteiger partial charge in [-0.25, -0.2) is 0 Å². The second-order valence-electron chi connectivity index (χ2n) is 3.11. The average molecular weight is 204 g/mol. The molecule has 0 spiro atoms. The van der Waals surface area contributed by atoms with Crippen molar-refractivity contribution >= 4 is 0 Å². The quantitative estimate of drug-likeness (QED) is 0.801. The van der Waals surface area contributed by atoms with Gasteiger partial charge in [0.1, 0.15) is 0 Å². The van der Waals surface area contributed by atoms with Gasteiger partial charge < -0.3 is 5.73 Å². The summed E-state index contributed by atoms with van der Waals surface area (Å²) in [5, 5.41) is 0. The van der Waals surface area contributed by atoms with Gasteiger partial charge in [-0.2, -0.15) is 13.2 Å². The van der Waals surface area contributed by atoms with Crippen molar-refractivity contribution in [1.82, 2.24) is 4.98 Å². The minimum absolute atomic E-state index is 0.0164. The van der Waals surface area contributed by atoms with Gasteiger partial charge in [0, 0.05) is 24.4 Å². The Labute approximate surface area is 79.9 Å². The molecule has 78 valence electrons. The van der Waals surface area contributed by atoms with Gasteiger partial charge in [0.2, 0.25) is 0 Å². The largest absolute Gasteiger partial charge is 0.417 e. The van der Waals surface area contributed by atoms with Gasteiger partial charge in [0.15, 0.2) is 0 Å². The lowest BCUT2D eigenvalue weighted by Gasteiger charge is -2.10. The molecule has 2 nitrogen and oxygen atoms in total. The summed E-state index contributed by atoms with van der Waals surface area (Å²) in [4.78, 5) is 3.72. The first-order chi connectivity index (χ1) is 6.45. The summed E-state index contributed by atoms with van der Waals surface area (Å²) in [6.07, 6.45) is -3.49. The fraction of sp³-hybridized carbons (Fsp3) is 0.444. The number of aromatic nitrogens is 1. The second kappa shape index (κ2) is 3.96. The van der Waals surface area contributed by atoms with Crippen LogP contribution in [0, 0.1) is 0 Å². The molecule has 0 bridgehead atoms. The first kappa shape index (κ1) is 11.0. The zero-order chi connectivity index (χ0) is 10.8. The fourth-order valence-electron chi connectivity index (χ4n) is 0.985. The molecule has 0 aromatic carbocycles. The summed E-state index contributed by atoms with van der Waals surface area (Å²) in [7, 11) is 0. The van der Waals surface area contributed by atoms with Gasteiger partial charge in [-0.05, 0) is 12.1 Å². The summed E-state index contributed by atoms with van der Waals surface area (Å²) in [5.74, 6) is -0.0164. The van der Waals surface area contributed by atoms with E-state index in [0.717, 1.165) is 12.3 Å². The van der Waals surface area contributed by atoms with Gasteiger partial charge in [0.25, 0.3) is 0 Å². The molecule has 1 heterocycles. The van der Waals surface area contributed by atoms with Crippen LogP contribution in [0.1, 0.15) is 24.1 Å². The summed E-state index contributed by atoms with van der Waals surface area (Å²) in [6.45, 7) is 2.19. The van der Waals surface area contributed by atoms with E-state index in [1.807, 2.05) is 6.92 Å². The van der Waals surface area contributed by atoms with Crippen LogP contribution in [0.5, 0.6) is 0 Å². The maximum absolute atomic E-state index is 12.1. The Balaban J connectivity index is 2.89. The van der Waals surface area contributed by atoms with Crippen molar-refractivity contribution in [2.45, 2.75) is 19.0 Å². The van der Waals surface area contributed by atoms with Crippen LogP contribution < -0.4 is 5.73 Å². The maximum Gasteiger partial charge on any atom is 0.417 e. The molecule has 0 aliphatic rings. The maximum atomic E-state index is 12.1. The molecule has 1 atom stereocenters. The first-order valence-corrected chi connectivity index (χ1v) is 4.18. The Bertz CT molecular complexity index is 292. The molecular weight excluding hydrogens is 193 g/mol. The Morgan fingerprint density at radius 2 is 2.07 bits per heavy atom. The highest BCUT2D eigenvalue weighted by Crippen LogP contribution is 2.28. The highest BCUT2D eigenvalue weighted by molar-refractivity contribution is 5.18. The van der Waals surface area contributed by atoms with E-state index in [9.17, 15) is 13.2 Å². The van der Waals surface area contributed by atoms with Crippen LogP contribution in [-0.2, 0) is 6.18 Å². The number of pyridine rings is 1. The van der Waals surface area contributed by atoms with E-state index in [-0.39, 0.29) is 5.92 Å². The number of rotatable bonds is 2. The number of hydrogen-bond acceptors (Lipinski definition) is 2. The van der Waals surface area contributed by atoms with Crippen LogP contribution in [0.4, 0.5) is 13.2 Å². The Morgan fingerprint density at radius 1 is 1.43 bits per heavy atom. The van der Waals surface area contributed by atoms with E-state index in [4.69, 9.17) is 5.73 Å². The van der Waals surface area contributed by atoms with E-state index < -0.39 is 11.7 Å². The lowest BCUT2D eigenvalue weighted by Crippen LogP contribution is -2.12. The number of alkyl halides is 3. The average Bonchev–Trinajstić information content (AvgIpc) is 2.15. The van der Waals surface area contributed by atoms with Crippen molar-refractivity contribution in [1.29, 1.82) is 0 Å². The van der Waals surface area contributed by atoms with Crippen molar-refractivity contribution in [3.05, 3.63) is 29.6 Å². The standard InChI is InChI=1S/C9H11F3N2/c1-6(4-13)8-3-2-7(5-14-8)9(10,11)12/h2-3,5-6H,4,13H2,1H3. The van der Waals surface area contributed by atoms with Gasteiger partial charge in [-0.15, -0.1) is 0 Å². The molecule has 0 saturated heterocycles. The molecule has 1 aromatic rings. The van der Waals surface area contributed by atoms with E-state index in [1.54, 1.807) is 0 Å². The molecule has 0 amide bonds. The molecule has 1 unspecified atom stereocenters. The normalized spacial score (nSPS) is 14.1. The Morgan fingerprint density at radius 3 is 2.43 bits per heavy atom. The summed E-state index contributed by atoms with van der Waals surface area (Å²) in [5.41, 5.74) is 5.22. The monoisotopic (exact) mass is 204 g/mol. The first-order valence-electron chi connectivity index (χ1n) is 4.18. The van der Waals surface area contributed by atoms with Gasteiger partial charge in [-0.3, -0.25) is 4.98 Å². The topological polar surface area (TPSA) is 38.9 Å². The summed E-state index contributed by atoms with van der Waals surface area (Å²) >= 11 is 0. The summed E-state index contributed by atoms with van der Waals surface area (Å²) in [6, 6.07) is 2.38. The zero-order valence-corrected chi connectivity index (χ0v) is 7.67. The van der Waals surface area contributed by atoms with E-state index in [0.29, 0.717) is 12.2 Å². The number of nitrogens with zero attached hydrogens (tertiary/aromatic N) is 1. The van der Waals surface area contributed by atoms with Crippen molar-refractivity contribution in [2.75, 3.05) is 6.54 Å². The van der Waals surface area contributed by atoms with Crippen molar-refractivity contribution < 1.29 is 13.2 Å². The van der Waals surface area contributed by atoms with Gasteiger partial charge >= 0.3 is 6.18 Å². The predicted molar refractivity (Wildman–Crippen MR) is 46.7 cm³/mol. The molecule has 0 saturated carbocycles. The molecule has 0 fully saturated rings. The molecule has 1 rings (SSSR count). The third kappa shape index (κ3) is 2.45. The van der Waals surface area contributed by atoms with Crippen LogP contribution in [0.3, 0.4) is 0 Å². The highest BCUT2D eigenvalue weighted by Gasteiger charge is 2.30. The third-order valence-corrected chi connectivity index (χ3v) is 1.97. The SMILES string of the molecule is CC(CN)c1ccc(C(F)(F)F)cn1. The van der Waals surface area contributed by atoms with E-state index in [2.05, 4.69) is 4.98 Å². The smallest absolute Gasteiger partial charge is 0.330 e. The van der Waals surface area contributed by atoms with Crippen LogP contribution in [0.2, 0.25) is 0 Å². The van der Waals surface area contributed by atoms with Crippen molar-refractivity contribution in [3.63, 3.8) is 0 Å². The van der Waals surface area contributed by atoms with Crippen LogP contribution in [-0.4, -0.2) is 11.5 Å². The lowest BCUT2D eigenvalue weighted by atomic mass is 10.1. The van der Waals surface area contributed by atoms with Crippen LogP contribution >= 0.6 is 0 Å². The van der Waals surface area contributed by atoms with Crippen molar-refractivity contribution in [3.8, 4) is 0 Å². The number of halogens is 3. The van der Waals surface area contributed by atoms with Gasteiger partial charge in [0.05, 0.1) is 5.56 Å².